The van der Waals surface area contributed by atoms with Gasteiger partial charge in [0.2, 0.25) is 0 Å². The summed E-state index contributed by atoms with van der Waals surface area (Å²) in [5.74, 6) is 0. The van der Waals surface area contributed by atoms with Crippen LogP contribution in [-0.2, 0) is 16.3 Å². The molecule has 1 rings (SSSR count). The van der Waals surface area contributed by atoms with Crippen molar-refractivity contribution in [3.05, 3.63) is 29.3 Å². The summed E-state index contributed by atoms with van der Waals surface area (Å²) in [6.45, 7) is 5.71. The van der Waals surface area contributed by atoms with Gasteiger partial charge in [-0.25, -0.2) is 8.42 Å². The van der Waals surface area contributed by atoms with Gasteiger partial charge in [-0.15, -0.1) is 0 Å². The van der Waals surface area contributed by atoms with E-state index in [1.807, 2.05) is 32.9 Å². The Morgan fingerprint density at radius 2 is 1.88 bits per heavy atom. The molecule has 90 valence electrons. The van der Waals surface area contributed by atoms with Gasteiger partial charge in [-0.3, -0.25) is 0 Å². The highest BCUT2D eigenvalue weighted by atomic mass is 32.2. The average molecular weight is 241 g/mol. The first-order chi connectivity index (χ1) is 7.09. The van der Waals surface area contributed by atoms with Gasteiger partial charge in [-0.05, 0) is 44.4 Å². The summed E-state index contributed by atoms with van der Waals surface area (Å²) >= 11 is 0. The van der Waals surface area contributed by atoms with Gasteiger partial charge < -0.3 is 5.73 Å². The first-order valence-corrected chi connectivity index (χ1v) is 7.07. The van der Waals surface area contributed by atoms with E-state index < -0.39 is 9.84 Å². The quantitative estimate of drug-likeness (QED) is 0.876. The molecule has 0 fully saturated rings. The lowest BCUT2D eigenvalue weighted by atomic mass is 9.95. The van der Waals surface area contributed by atoms with Crippen LogP contribution in [0.3, 0.4) is 0 Å². The van der Waals surface area contributed by atoms with E-state index in [2.05, 4.69) is 0 Å². The summed E-state index contributed by atoms with van der Waals surface area (Å²) in [6.07, 6.45) is 1.96. The van der Waals surface area contributed by atoms with Crippen LogP contribution in [0.2, 0.25) is 0 Å². The van der Waals surface area contributed by atoms with Gasteiger partial charge in [0.15, 0.2) is 9.84 Å². The minimum absolute atomic E-state index is 0.279. The molecule has 3 nitrogen and oxygen atoms in total. The van der Waals surface area contributed by atoms with Gasteiger partial charge in [0, 0.05) is 11.8 Å². The van der Waals surface area contributed by atoms with E-state index >= 15 is 0 Å². The molecule has 0 aromatic heterocycles. The summed E-state index contributed by atoms with van der Waals surface area (Å²) in [5, 5.41) is 0. The van der Waals surface area contributed by atoms with Crippen molar-refractivity contribution in [2.75, 3.05) is 6.26 Å². The number of nitrogens with two attached hydrogens (primary N) is 1. The Morgan fingerprint density at radius 1 is 1.31 bits per heavy atom. The van der Waals surface area contributed by atoms with Crippen molar-refractivity contribution in [2.45, 2.75) is 37.6 Å². The fourth-order valence-electron chi connectivity index (χ4n) is 1.76. The summed E-state index contributed by atoms with van der Waals surface area (Å²) in [6, 6.07) is 5.38. The molecule has 0 heterocycles. The van der Waals surface area contributed by atoms with Gasteiger partial charge in [-0.1, -0.05) is 12.1 Å². The Kier molecular flexibility index (Phi) is 3.45. The second kappa shape index (κ2) is 4.18. The number of hydrogen-bond acceptors (Lipinski definition) is 3. The molecule has 16 heavy (non-hydrogen) atoms. The van der Waals surface area contributed by atoms with E-state index in [0.717, 1.165) is 17.5 Å². The minimum Gasteiger partial charge on any atom is -0.325 e. The lowest BCUT2D eigenvalue weighted by molar-refractivity contribution is 0.516. The van der Waals surface area contributed by atoms with Crippen LogP contribution in [0.4, 0.5) is 0 Å². The zero-order valence-corrected chi connectivity index (χ0v) is 11.1. The predicted octanol–water partition coefficient (Wildman–Crippen LogP) is 1.68. The molecule has 0 atom stereocenters. The van der Waals surface area contributed by atoms with Crippen LogP contribution >= 0.6 is 0 Å². The molecule has 2 N–H and O–H groups in total. The van der Waals surface area contributed by atoms with Crippen molar-refractivity contribution in [1.29, 1.82) is 0 Å². The zero-order chi connectivity index (χ0) is 12.6. The molecule has 0 amide bonds. The molecule has 0 bridgehead atoms. The molecule has 0 spiro atoms. The van der Waals surface area contributed by atoms with E-state index in [0.29, 0.717) is 4.90 Å². The third kappa shape index (κ3) is 3.61. The van der Waals surface area contributed by atoms with Crippen LogP contribution in [0.1, 0.15) is 25.0 Å². The first-order valence-electron chi connectivity index (χ1n) is 5.18. The van der Waals surface area contributed by atoms with E-state index in [-0.39, 0.29) is 5.54 Å². The van der Waals surface area contributed by atoms with Crippen LogP contribution in [-0.4, -0.2) is 20.2 Å². The maximum Gasteiger partial charge on any atom is 0.175 e. The normalized spacial score (nSPS) is 12.8. The standard InChI is InChI=1S/C12H19NO2S/c1-9-7-10(8-12(2,3)13)5-6-11(9)16(4,14)15/h5-7H,8,13H2,1-4H3. The molecular weight excluding hydrogens is 222 g/mol. The van der Waals surface area contributed by atoms with Crippen molar-refractivity contribution in [2.24, 2.45) is 5.73 Å². The highest BCUT2D eigenvalue weighted by Gasteiger charge is 2.14. The molecule has 0 saturated carbocycles. The molecule has 0 saturated heterocycles. The number of aryl methyl sites for hydroxylation is 1. The fourth-order valence-corrected chi connectivity index (χ4v) is 2.72. The van der Waals surface area contributed by atoms with Crippen molar-refractivity contribution in [1.82, 2.24) is 0 Å². The summed E-state index contributed by atoms with van der Waals surface area (Å²) in [4.78, 5) is 0.395. The smallest absolute Gasteiger partial charge is 0.175 e. The van der Waals surface area contributed by atoms with E-state index in [9.17, 15) is 8.42 Å². The van der Waals surface area contributed by atoms with Crippen LogP contribution in [0.5, 0.6) is 0 Å². The summed E-state index contributed by atoms with van der Waals surface area (Å²) in [7, 11) is -3.13. The van der Waals surface area contributed by atoms with Crippen molar-refractivity contribution in [3.8, 4) is 0 Å². The topological polar surface area (TPSA) is 60.2 Å². The molecule has 0 aliphatic rings. The Morgan fingerprint density at radius 3 is 2.25 bits per heavy atom. The summed E-state index contributed by atoms with van der Waals surface area (Å²) in [5.41, 5.74) is 7.49. The van der Waals surface area contributed by atoms with Crippen molar-refractivity contribution < 1.29 is 8.42 Å². The lowest BCUT2D eigenvalue weighted by Gasteiger charge is -2.19. The third-order valence-corrected chi connectivity index (χ3v) is 3.56. The summed E-state index contributed by atoms with van der Waals surface area (Å²) < 4.78 is 22.9. The van der Waals surface area contributed by atoms with E-state index in [1.54, 1.807) is 6.07 Å². The van der Waals surface area contributed by atoms with Crippen LogP contribution in [0.15, 0.2) is 23.1 Å². The Labute approximate surface area is 97.6 Å². The maximum absolute atomic E-state index is 11.4. The molecule has 0 aliphatic heterocycles. The largest absolute Gasteiger partial charge is 0.325 e. The van der Waals surface area contributed by atoms with Gasteiger partial charge in [0.25, 0.3) is 0 Å². The number of rotatable bonds is 3. The maximum atomic E-state index is 11.4. The van der Waals surface area contributed by atoms with Crippen LogP contribution < -0.4 is 5.73 Å². The van der Waals surface area contributed by atoms with E-state index in [4.69, 9.17) is 5.73 Å². The highest BCUT2D eigenvalue weighted by molar-refractivity contribution is 7.90. The molecule has 0 radical (unpaired) electrons. The monoisotopic (exact) mass is 241 g/mol. The first kappa shape index (κ1) is 13.2. The predicted molar refractivity (Wildman–Crippen MR) is 66.3 cm³/mol. The Balaban J connectivity index is 3.10. The molecular formula is C12H19NO2S. The third-order valence-electron chi connectivity index (χ3n) is 2.30. The number of sulfone groups is 1. The van der Waals surface area contributed by atoms with Gasteiger partial charge in [0.1, 0.15) is 0 Å². The van der Waals surface area contributed by atoms with Crippen molar-refractivity contribution >= 4 is 9.84 Å². The van der Waals surface area contributed by atoms with E-state index in [1.165, 1.54) is 6.26 Å². The SMILES string of the molecule is Cc1cc(CC(C)(C)N)ccc1S(C)(=O)=O. The molecule has 4 heteroatoms. The molecule has 1 aromatic carbocycles. The van der Waals surface area contributed by atoms with Crippen molar-refractivity contribution in [3.63, 3.8) is 0 Å². The van der Waals surface area contributed by atoms with Gasteiger partial charge in [-0.2, -0.15) is 0 Å². The molecule has 0 unspecified atom stereocenters. The zero-order valence-electron chi connectivity index (χ0n) is 10.2. The Hall–Kier alpha value is -0.870. The van der Waals surface area contributed by atoms with Crippen LogP contribution in [0, 0.1) is 6.92 Å². The minimum atomic E-state index is -3.13. The molecule has 0 aliphatic carbocycles. The second-order valence-corrected chi connectivity index (χ2v) is 7.02. The van der Waals surface area contributed by atoms with Gasteiger partial charge >= 0.3 is 0 Å². The van der Waals surface area contributed by atoms with Crippen LogP contribution in [0.25, 0.3) is 0 Å². The second-order valence-electron chi connectivity index (χ2n) is 5.04. The highest BCUT2D eigenvalue weighted by Crippen LogP contribution is 2.19. The lowest BCUT2D eigenvalue weighted by Crippen LogP contribution is -2.34. The number of benzene rings is 1. The number of hydrogen-bond donors (Lipinski definition) is 1. The van der Waals surface area contributed by atoms with Gasteiger partial charge in [0.05, 0.1) is 4.90 Å². The average Bonchev–Trinajstić information content (AvgIpc) is 1.97. The Bertz CT molecular complexity index is 484. The fraction of sp³-hybridized carbons (Fsp3) is 0.500. The molecule has 1 aromatic rings.